The van der Waals surface area contributed by atoms with Gasteiger partial charge < -0.3 is 9.47 Å². The van der Waals surface area contributed by atoms with E-state index < -0.39 is 0 Å². The van der Waals surface area contributed by atoms with E-state index in [1.807, 2.05) is 31.2 Å². The van der Waals surface area contributed by atoms with Gasteiger partial charge in [0, 0.05) is 6.08 Å². The normalized spacial score (nSPS) is 11.1. The molecule has 1 aromatic carbocycles. The number of esters is 1. The minimum absolute atomic E-state index is 0.326. The summed E-state index contributed by atoms with van der Waals surface area (Å²) < 4.78 is 9.80. The zero-order chi connectivity index (χ0) is 12.0. The van der Waals surface area contributed by atoms with Crippen molar-refractivity contribution in [2.24, 2.45) is 0 Å². The standard InChI is InChI=1S/C13H16O3/c1-10(9-13(14)16-3)8-11-6-4-5-7-12(11)15-2/h4-7,9H,8H2,1-3H3/b10-9-. The molecule has 86 valence electrons. The van der Waals surface area contributed by atoms with E-state index in [0.717, 1.165) is 16.9 Å². The molecule has 0 fully saturated rings. The van der Waals surface area contributed by atoms with Gasteiger partial charge in [0.2, 0.25) is 0 Å². The molecule has 0 aromatic heterocycles. The Morgan fingerprint density at radius 1 is 1.31 bits per heavy atom. The Bertz CT molecular complexity index is 394. The Morgan fingerprint density at radius 3 is 2.62 bits per heavy atom. The second-order valence-corrected chi connectivity index (χ2v) is 3.50. The Balaban J connectivity index is 2.80. The van der Waals surface area contributed by atoms with Crippen LogP contribution in [0.25, 0.3) is 0 Å². The van der Waals surface area contributed by atoms with Gasteiger partial charge in [0.1, 0.15) is 5.75 Å². The van der Waals surface area contributed by atoms with Crippen molar-refractivity contribution in [3.8, 4) is 5.75 Å². The van der Waals surface area contributed by atoms with Crippen LogP contribution in [0.5, 0.6) is 5.75 Å². The first kappa shape index (κ1) is 12.3. The SMILES string of the molecule is COC(=O)/C=C(/C)Cc1ccccc1OC. The summed E-state index contributed by atoms with van der Waals surface area (Å²) >= 11 is 0. The van der Waals surface area contributed by atoms with Crippen LogP contribution in [-0.2, 0) is 16.0 Å². The third-order valence-electron chi connectivity index (χ3n) is 2.23. The Morgan fingerprint density at radius 2 is 2.00 bits per heavy atom. The average molecular weight is 220 g/mol. The van der Waals surface area contributed by atoms with E-state index in [9.17, 15) is 4.79 Å². The number of hydrogen-bond acceptors (Lipinski definition) is 3. The van der Waals surface area contributed by atoms with Crippen LogP contribution in [0.4, 0.5) is 0 Å². The third kappa shape index (κ3) is 3.42. The number of hydrogen-bond donors (Lipinski definition) is 0. The molecule has 0 radical (unpaired) electrons. The smallest absolute Gasteiger partial charge is 0.330 e. The molecule has 1 aromatic rings. The number of methoxy groups -OCH3 is 2. The predicted molar refractivity (Wildman–Crippen MR) is 62.5 cm³/mol. The maximum atomic E-state index is 11.0. The Hall–Kier alpha value is -1.77. The summed E-state index contributed by atoms with van der Waals surface area (Å²) in [5.74, 6) is 0.507. The maximum absolute atomic E-state index is 11.0. The van der Waals surface area contributed by atoms with Gasteiger partial charge in [0.25, 0.3) is 0 Å². The third-order valence-corrected chi connectivity index (χ3v) is 2.23. The van der Waals surface area contributed by atoms with Gasteiger partial charge in [0.05, 0.1) is 14.2 Å². The van der Waals surface area contributed by atoms with Crippen molar-refractivity contribution in [3.63, 3.8) is 0 Å². The molecule has 0 atom stereocenters. The van der Waals surface area contributed by atoms with Crippen LogP contribution < -0.4 is 4.74 Å². The molecule has 0 unspecified atom stereocenters. The van der Waals surface area contributed by atoms with Crippen molar-refractivity contribution in [1.29, 1.82) is 0 Å². The largest absolute Gasteiger partial charge is 0.496 e. The first-order valence-corrected chi connectivity index (χ1v) is 5.04. The van der Waals surface area contributed by atoms with E-state index in [1.54, 1.807) is 7.11 Å². The van der Waals surface area contributed by atoms with Crippen molar-refractivity contribution in [2.75, 3.05) is 14.2 Å². The van der Waals surface area contributed by atoms with Crippen LogP contribution in [0.3, 0.4) is 0 Å². The molecule has 0 aliphatic rings. The highest BCUT2D eigenvalue weighted by Gasteiger charge is 2.03. The van der Waals surface area contributed by atoms with E-state index in [0.29, 0.717) is 6.42 Å². The summed E-state index contributed by atoms with van der Waals surface area (Å²) in [4.78, 5) is 11.0. The molecular formula is C13H16O3. The summed E-state index contributed by atoms with van der Waals surface area (Å²) in [6, 6.07) is 7.75. The van der Waals surface area contributed by atoms with Gasteiger partial charge in [-0.15, -0.1) is 0 Å². The van der Waals surface area contributed by atoms with Crippen LogP contribution in [-0.4, -0.2) is 20.2 Å². The predicted octanol–water partition coefficient (Wildman–Crippen LogP) is 2.36. The van der Waals surface area contributed by atoms with Gasteiger partial charge in [-0.1, -0.05) is 23.8 Å². The van der Waals surface area contributed by atoms with Gasteiger partial charge in [0.15, 0.2) is 0 Å². The number of rotatable bonds is 4. The summed E-state index contributed by atoms with van der Waals surface area (Å²) in [7, 11) is 3.01. The molecule has 0 bridgehead atoms. The maximum Gasteiger partial charge on any atom is 0.330 e. The second kappa shape index (κ2) is 5.95. The van der Waals surface area contributed by atoms with Crippen LogP contribution in [0.1, 0.15) is 12.5 Å². The highest BCUT2D eigenvalue weighted by molar-refractivity contribution is 5.82. The fourth-order valence-corrected chi connectivity index (χ4v) is 1.46. The van der Waals surface area contributed by atoms with Crippen molar-refractivity contribution in [2.45, 2.75) is 13.3 Å². The van der Waals surface area contributed by atoms with Gasteiger partial charge in [-0.3, -0.25) is 0 Å². The molecule has 0 aliphatic carbocycles. The van der Waals surface area contributed by atoms with Crippen LogP contribution >= 0.6 is 0 Å². The topological polar surface area (TPSA) is 35.5 Å². The van der Waals surface area contributed by atoms with Crippen LogP contribution in [0, 0.1) is 0 Å². The summed E-state index contributed by atoms with van der Waals surface area (Å²) in [6.07, 6.45) is 2.17. The lowest BCUT2D eigenvalue weighted by Gasteiger charge is -2.07. The average Bonchev–Trinajstić information content (AvgIpc) is 2.29. The first-order chi connectivity index (χ1) is 7.67. The number of para-hydroxylation sites is 1. The fourth-order valence-electron chi connectivity index (χ4n) is 1.46. The van der Waals surface area contributed by atoms with E-state index in [2.05, 4.69) is 4.74 Å². The molecule has 0 saturated heterocycles. The lowest BCUT2D eigenvalue weighted by Crippen LogP contribution is -1.98. The Kier molecular flexibility index (Phi) is 4.58. The first-order valence-electron chi connectivity index (χ1n) is 5.04. The van der Waals surface area contributed by atoms with Gasteiger partial charge in [-0.05, 0) is 25.0 Å². The lowest BCUT2D eigenvalue weighted by molar-refractivity contribution is -0.134. The molecule has 16 heavy (non-hydrogen) atoms. The van der Waals surface area contributed by atoms with Crippen molar-refractivity contribution in [3.05, 3.63) is 41.5 Å². The second-order valence-electron chi connectivity index (χ2n) is 3.50. The van der Waals surface area contributed by atoms with E-state index in [4.69, 9.17) is 4.74 Å². The number of ether oxygens (including phenoxy) is 2. The number of benzene rings is 1. The summed E-state index contributed by atoms with van der Waals surface area (Å²) in [5.41, 5.74) is 2.00. The molecule has 3 heteroatoms. The van der Waals surface area contributed by atoms with Crippen molar-refractivity contribution in [1.82, 2.24) is 0 Å². The van der Waals surface area contributed by atoms with Crippen LogP contribution in [0.15, 0.2) is 35.9 Å². The van der Waals surface area contributed by atoms with E-state index in [-0.39, 0.29) is 5.97 Å². The minimum atomic E-state index is -0.326. The minimum Gasteiger partial charge on any atom is -0.496 e. The van der Waals surface area contributed by atoms with Gasteiger partial charge >= 0.3 is 5.97 Å². The molecule has 3 nitrogen and oxygen atoms in total. The highest BCUT2D eigenvalue weighted by Crippen LogP contribution is 2.20. The number of allylic oxidation sites excluding steroid dienone is 1. The van der Waals surface area contributed by atoms with Gasteiger partial charge in [-0.2, -0.15) is 0 Å². The molecule has 0 N–H and O–H groups in total. The van der Waals surface area contributed by atoms with Crippen molar-refractivity contribution >= 4 is 5.97 Å². The summed E-state index contributed by atoms with van der Waals surface area (Å²) in [5, 5.41) is 0. The summed E-state index contributed by atoms with van der Waals surface area (Å²) in [6.45, 7) is 1.89. The number of carbonyl (C=O) groups is 1. The van der Waals surface area contributed by atoms with E-state index in [1.165, 1.54) is 13.2 Å². The molecule has 0 heterocycles. The molecule has 1 rings (SSSR count). The molecule has 0 saturated carbocycles. The highest BCUT2D eigenvalue weighted by atomic mass is 16.5. The fraction of sp³-hybridized carbons (Fsp3) is 0.308. The van der Waals surface area contributed by atoms with Crippen LogP contribution in [0.2, 0.25) is 0 Å². The zero-order valence-electron chi connectivity index (χ0n) is 9.82. The molecular weight excluding hydrogens is 204 g/mol. The van der Waals surface area contributed by atoms with Crippen molar-refractivity contribution < 1.29 is 14.3 Å². The van der Waals surface area contributed by atoms with Gasteiger partial charge in [-0.25, -0.2) is 4.79 Å². The lowest BCUT2D eigenvalue weighted by atomic mass is 10.1. The van der Waals surface area contributed by atoms with E-state index >= 15 is 0 Å². The molecule has 0 spiro atoms. The number of carbonyl (C=O) groups excluding carboxylic acids is 1. The monoisotopic (exact) mass is 220 g/mol. The quantitative estimate of drug-likeness (QED) is 0.577. The Labute approximate surface area is 95.7 Å². The molecule has 0 amide bonds. The molecule has 0 aliphatic heterocycles. The zero-order valence-corrected chi connectivity index (χ0v) is 9.82.